The van der Waals surface area contributed by atoms with Gasteiger partial charge in [0.05, 0.1) is 19.3 Å². The molecule has 4 rings (SSSR count). The van der Waals surface area contributed by atoms with E-state index in [0.717, 1.165) is 31.7 Å². The molecule has 3 aromatic rings. The second kappa shape index (κ2) is 8.43. The summed E-state index contributed by atoms with van der Waals surface area (Å²) in [5, 5.41) is 3.34. The largest absolute Gasteiger partial charge is 0.467 e. The predicted molar refractivity (Wildman–Crippen MR) is 118 cm³/mol. The summed E-state index contributed by atoms with van der Waals surface area (Å²) in [7, 11) is 1.53. The molecule has 154 valence electrons. The number of ether oxygens (including phenoxy) is 1. The first-order valence-corrected chi connectivity index (χ1v) is 9.83. The van der Waals surface area contributed by atoms with Crippen LogP contribution >= 0.6 is 0 Å². The van der Waals surface area contributed by atoms with Crippen molar-refractivity contribution in [3.05, 3.63) is 46.9 Å². The van der Waals surface area contributed by atoms with Gasteiger partial charge in [-0.05, 0) is 24.6 Å². The van der Waals surface area contributed by atoms with Crippen LogP contribution in [0.1, 0.15) is 12.5 Å². The SMILES string of the molecule is C=Cc1ccc(-n2c(=O)n(CC#CC)c3c(N4CCNCC4)nc(OC)nc32)cc1. The van der Waals surface area contributed by atoms with Gasteiger partial charge in [0, 0.05) is 26.2 Å². The number of nitrogens with zero attached hydrogens (tertiary/aromatic N) is 5. The summed E-state index contributed by atoms with van der Waals surface area (Å²) in [4.78, 5) is 24.8. The predicted octanol–water partition coefficient (Wildman–Crippen LogP) is 1.67. The number of piperazine rings is 1. The van der Waals surface area contributed by atoms with Gasteiger partial charge in [0.2, 0.25) is 0 Å². The van der Waals surface area contributed by atoms with Crippen molar-refractivity contribution in [2.75, 3.05) is 38.2 Å². The van der Waals surface area contributed by atoms with Gasteiger partial charge in [0.25, 0.3) is 0 Å². The van der Waals surface area contributed by atoms with Crippen LogP contribution < -0.4 is 20.6 Å². The van der Waals surface area contributed by atoms with Gasteiger partial charge in [-0.3, -0.25) is 4.57 Å². The standard InChI is InChI=1S/C22H24N6O2/c1-4-6-13-27-18-19(26-14-11-23-12-15-26)24-21(30-3)25-20(18)28(22(27)29)17-9-7-16(5-2)8-10-17/h5,7-10,23H,2,11-15H2,1,3H3. The van der Waals surface area contributed by atoms with Crippen LogP contribution in [0.25, 0.3) is 22.9 Å². The molecule has 0 bridgehead atoms. The third-order valence-corrected chi connectivity index (χ3v) is 5.13. The second-order valence-corrected chi connectivity index (χ2v) is 6.87. The Morgan fingerprint density at radius 1 is 1.23 bits per heavy atom. The van der Waals surface area contributed by atoms with Gasteiger partial charge in [-0.1, -0.05) is 30.7 Å². The molecule has 0 atom stereocenters. The highest BCUT2D eigenvalue weighted by atomic mass is 16.5. The van der Waals surface area contributed by atoms with Crippen LogP contribution in [-0.2, 0) is 6.54 Å². The molecule has 0 spiro atoms. The fourth-order valence-electron chi connectivity index (χ4n) is 3.60. The zero-order valence-corrected chi connectivity index (χ0v) is 17.2. The number of methoxy groups -OCH3 is 1. The molecule has 0 radical (unpaired) electrons. The Morgan fingerprint density at radius 3 is 2.60 bits per heavy atom. The van der Waals surface area contributed by atoms with Crippen LogP contribution in [0, 0.1) is 11.8 Å². The van der Waals surface area contributed by atoms with Gasteiger partial charge >= 0.3 is 11.7 Å². The van der Waals surface area contributed by atoms with Crippen molar-refractivity contribution in [2.24, 2.45) is 0 Å². The Labute approximate surface area is 174 Å². The normalized spacial score (nSPS) is 13.7. The van der Waals surface area contributed by atoms with Crippen molar-refractivity contribution >= 4 is 23.1 Å². The number of imidazole rings is 1. The molecule has 0 aliphatic carbocycles. The average Bonchev–Trinajstić information content (AvgIpc) is 3.08. The number of benzene rings is 1. The molecule has 1 saturated heterocycles. The first-order chi connectivity index (χ1) is 14.7. The number of nitrogens with one attached hydrogen (secondary N) is 1. The Balaban J connectivity index is 2.03. The number of fused-ring (bicyclic) bond motifs is 1. The van der Waals surface area contributed by atoms with Gasteiger partial charge in [0.1, 0.15) is 5.52 Å². The molecular weight excluding hydrogens is 380 g/mol. The molecule has 1 N–H and O–H groups in total. The molecule has 1 aromatic carbocycles. The fraction of sp³-hybridized carbons (Fsp3) is 0.318. The summed E-state index contributed by atoms with van der Waals surface area (Å²) >= 11 is 0. The highest BCUT2D eigenvalue weighted by molar-refractivity contribution is 5.86. The quantitative estimate of drug-likeness (QED) is 0.652. The summed E-state index contributed by atoms with van der Waals surface area (Å²) in [6, 6.07) is 7.82. The minimum absolute atomic E-state index is 0.210. The van der Waals surface area contributed by atoms with Crippen LogP contribution in [0.5, 0.6) is 6.01 Å². The highest BCUT2D eigenvalue weighted by Gasteiger charge is 2.25. The summed E-state index contributed by atoms with van der Waals surface area (Å²) in [6.45, 7) is 9.06. The van der Waals surface area contributed by atoms with E-state index < -0.39 is 0 Å². The van der Waals surface area contributed by atoms with Crippen LogP contribution in [-0.4, -0.2) is 52.4 Å². The summed E-state index contributed by atoms with van der Waals surface area (Å²) in [5.74, 6) is 6.57. The van der Waals surface area contributed by atoms with E-state index in [2.05, 4.69) is 38.6 Å². The molecule has 1 aliphatic rings. The molecule has 3 heterocycles. The average molecular weight is 404 g/mol. The molecule has 8 heteroatoms. The molecule has 2 aromatic heterocycles. The lowest BCUT2D eigenvalue weighted by Crippen LogP contribution is -2.44. The molecule has 8 nitrogen and oxygen atoms in total. The topological polar surface area (TPSA) is 77.2 Å². The maximum absolute atomic E-state index is 13.5. The van der Waals surface area contributed by atoms with Crippen molar-refractivity contribution < 1.29 is 4.74 Å². The number of rotatable bonds is 5. The van der Waals surface area contributed by atoms with E-state index in [-0.39, 0.29) is 18.2 Å². The first-order valence-electron chi connectivity index (χ1n) is 9.83. The molecular formula is C22H24N6O2. The van der Waals surface area contributed by atoms with Crippen molar-refractivity contribution in [2.45, 2.75) is 13.5 Å². The van der Waals surface area contributed by atoms with Crippen LogP contribution in [0.3, 0.4) is 0 Å². The third kappa shape index (κ3) is 3.44. The van der Waals surface area contributed by atoms with Gasteiger partial charge in [-0.25, -0.2) is 9.36 Å². The fourth-order valence-corrected chi connectivity index (χ4v) is 3.60. The van der Waals surface area contributed by atoms with Crippen molar-refractivity contribution in [1.29, 1.82) is 0 Å². The minimum atomic E-state index is -0.210. The van der Waals surface area contributed by atoms with Gasteiger partial charge in [-0.2, -0.15) is 9.97 Å². The molecule has 0 unspecified atom stereocenters. The third-order valence-electron chi connectivity index (χ3n) is 5.13. The lowest BCUT2D eigenvalue weighted by atomic mass is 10.2. The summed E-state index contributed by atoms with van der Waals surface area (Å²) in [5.41, 5.74) is 2.65. The van der Waals surface area contributed by atoms with E-state index in [1.165, 1.54) is 7.11 Å². The van der Waals surface area contributed by atoms with Crippen molar-refractivity contribution in [3.8, 4) is 23.5 Å². The Hall–Kier alpha value is -3.57. The zero-order chi connectivity index (χ0) is 21.1. The molecule has 0 amide bonds. The van der Waals surface area contributed by atoms with E-state index in [0.29, 0.717) is 22.7 Å². The maximum Gasteiger partial charge on any atom is 0.335 e. The van der Waals surface area contributed by atoms with Gasteiger partial charge in [0.15, 0.2) is 11.5 Å². The summed E-state index contributed by atoms with van der Waals surface area (Å²) < 4.78 is 8.62. The van der Waals surface area contributed by atoms with Crippen molar-refractivity contribution in [3.63, 3.8) is 0 Å². The van der Waals surface area contributed by atoms with E-state index in [9.17, 15) is 4.79 Å². The molecule has 1 aliphatic heterocycles. The van der Waals surface area contributed by atoms with E-state index in [1.54, 1.807) is 22.1 Å². The van der Waals surface area contributed by atoms with Gasteiger partial charge < -0.3 is 15.0 Å². The van der Waals surface area contributed by atoms with Crippen molar-refractivity contribution in [1.82, 2.24) is 24.4 Å². The summed E-state index contributed by atoms with van der Waals surface area (Å²) in [6.07, 6.45) is 1.76. The molecule has 0 saturated carbocycles. The van der Waals surface area contributed by atoms with E-state index >= 15 is 0 Å². The molecule has 1 fully saturated rings. The zero-order valence-electron chi connectivity index (χ0n) is 17.2. The molecule has 30 heavy (non-hydrogen) atoms. The van der Waals surface area contributed by atoms with Crippen LogP contribution in [0.15, 0.2) is 35.6 Å². The number of anilines is 1. The first kappa shape index (κ1) is 19.7. The van der Waals surface area contributed by atoms with E-state index in [1.807, 2.05) is 24.3 Å². The lowest BCUT2D eigenvalue weighted by Gasteiger charge is -2.29. The maximum atomic E-state index is 13.5. The van der Waals surface area contributed by atoms with Gasteiger partial charge in [-0.15, -0.1) is 5.92 Å². The van der Waals surface area contributed by atoms with E-state index in [4.69, 9.17) is 4.74 Å². The lowest BCUT2D eigenvalue weighted by molar-refractivity contribution is 0.381. The Morgan fingerprint density at radius 2 is 1.97 bits per heavy atom. The van der Waals surface area contributed by atoms with Crippen LogP contribution in [0.2, 0.25) is 0 Å². The monoisotopic (exact) mass is 404 g/mol. The highest BCUT2D eigenvalue weighted by Crippen LogP contribution is 2.28. The minimum Gasteiger partial charge on any atom is -0.467 e. The number of aromatic nitrogens is 4. The Bertz CT molecular complexity index is 1190. The Kier molecular flexibility index (Phi) is 5.55. The number of hydrogen-bond acceptors (Lipinski definition) is 6. The number of hydrogen-bond donors (Lipinski definition) is 1. The second-order valence-electron chi connectivity index (χ2n) is 6.87. The van der Waals surface area contributed by atoms with Crippen LogP contribution in [0.4, 0.5) is 5.82 Å². The smallest absolute Gasteiger partial charge is 0.335 e.